The highest BCUT2D eigenvalue weighted by Crippen LogP contribution is 2.21. The van der Waals surface area contributed by atoms with Gasteiger partial charge in [0.25, 0.3) is 5.56 Å². The van der Waals surface area contributed by atoms with Crippen molar-refractivity contribution in [2.75, 3.05) is 6.61 Å². The lowest BCUT2D eigenvalue weighted by Gasteiger charge is -2.06. The van der Waals surface area contributed by atoms with Gasteiger partial charge in [-0.25, -0.2) is 0 Å². The van der Waals surface area contributed by atoms with Crippen LogP contribution in [0.3, 0.4) is 0 Å². The number of rotatable bonds is 4. The van der Waals surface area contributed by atoms with Crippen LogP contribution in [-0.2, 0) is 0 Å². The minimum absolute atomic E-state index is 0.184. The highest BCUT2D eigenvalue weighted by molar-refractivity contribution is 14.1. The zero-order valence-electron chi connectivity index (χ0n) is 10.3. The predicted molar refractivity (Wildman–Crippen MR) is 80.5 cm³/mol. The van der Waals surface area contributed by atoms with Gasteiger partial charge in [0.1, 0.15) is 15.1 Å². The molecule has 1 aromatic carbocycles. The van der Waals surface area contributed by atoms with Crippen molar-refractivity contribution in [2.24, 2.45) is 0 Å². The summed E-state index contributed by atoms with van der Waals surface area (Å²) in [5.74, 6) is 0.846. The number of benzene rings is 1. The van der Waals surface area contributed by atoms with Gasteiger partial charge in [-0.2, -0.15) is 4.98 Å². The Labute approximate surface area is 123 Å². The Morgan fingerprint density at radius 3 is 2.63 bits per heavy atom. The average molecular weight is 372 g/mol. The van der Waals surface area contributed by atoms with Crippen LogP contribution >= 0.6 is 22.6 Å². The molecule has 0 fully saturated rings. The molecule has 0 aliphatic carbocycles. The number of nitrogens with zero attached hydrogens (tertiary/aromatic N) is 1. The Kier molecular flexibility index (Phi) is 4.41. The molecule has 0 saturated carbocycles. The summed E-state index contributed by atoms with van der Waals surface area (Å²) in [5.41, 5.74) is 0.363. The molecule has 2 aromatic rings. The van der Waals surface area contributed by atoms with E-state index in [0.29, 0.717) is 18.0 Å². The molecule has 0 bridgehead atoms. The smallest absolute Gasteiger partial charge is 0.268 e. The monoisotopic (exact) mass is 372 g/mol. The van der Waals surface area contributed by atoms with Gasteiger partial charge in [0.05, 0.1) is 6.61 Å². The van der Waals surface area contributed by atoms with Crippen LogP contribution in [0.5, 0.6) is 11.6 Å². The number of ether oxygens (including phenoxy) is 1. The first-order chi connectivity index (χ1) is 9.11. The molecule has 6 heteroatoms. The van der Waals surface area contributed by atoms with Gasteiger partial charge >= 0.3 is 0 Å². The van der Waals surface area contributed by atoms with Crippen LogP contribution in [0.1, 0.15) is 13.3 Å². The average Bonchev–Trinajstić information content (AvgIpc) is 2.42. The summed E-state index contributed by atoms with van der Waals surface area (Å²) in [6.07, 6.45) is 0.946. The second-order valence-corrected chi connectivity index (χ2v) is 5.00. The molecule has 0 aliphatic heterocycles. The number of halogens is 1. The predicted octanol–water partition coefficient (Wildman–Crippen LogP) is 2.54. The Morgan fingerprint density at radius 1 is 1.37 bits per heavy atom. The van der Waals surface area contributed by atoms with E-state index in [4.69, 9.17) is 4.74 Å². The molecule has 2 rings (SSSR count). The van der Waals surface area contributed by atoms with E-state index >= 15 is 0 Å². The molecular formula is C13H13IN2O3. The van der Waals surface area contributed by atoms with E-state index in [9.17, 15) is 9.90 Å². The summed E-state index contributed by atoms with van der Waals surface area (Å²) in [4.78, 5) is 18.1. The first kappa shape index (κ1) is 13.9. The standard InChI is InChI=1S/C13H13IN2O3/c1-2-7-19-9-5-3-8(4-6-9)11-15-12(17)10(14)13(18)16-11/h3-6H,2,7H2,1H3,(H2,15,16,17,18). The van der Waals surface area contributed by atoms with Crippen molar-refractivity contribution < 1.29 is 9.84 Å². The van der Waals surface area contributed by atoms with Crippen LogP contribution in [0.25, 0.3) is 11.4 Å². The maximum atomic E-state index is 11.6. The topological polar surface area (TPSA) is 75.2 Å². The van der Waals surface area contributed by atoms with Gasteiger partial charge in [-0.05, 0) is 53.3 Å². The van der Waals surface area contributed by atoms with Crippen molar-refractivity contribution in [1.82, 2.24) is 9.97 Å². The van der Waals surface area contributed by atoms with E-state index in [2.05, 4.69) is 9.97 Å². The van der Waals surface area contributed by atoms with Gasteiger partial charge in [-0.3, -0.25) is 4.79 Å². The molecule has 0 aliphatic rings. The molecule has 0 atom stereocenters. The van der Waals surface area contributed by atoms with Crippen LogP contribution in [0.2, 0.25) is 0 Å². The summed E-state index contributed by atoms with van der Waals surface area (Å²) in [6, 6.07) is 7.19. The molecule has 19 heavy (non-hydrogen) atoms. The number of hydrogen-bond acceptors (Lipinski definition) is 4. The number of aromatic hydroxyl groups is 1. The molecule has 0 spiro atoms. The molecule has 0 radical (unpaired) electrons. The number of aromatic amines is 1. The molecular weight excluding hydrogens is 359 g/mol. The van der Waals surface area contributed by atoms with Crippen LogP contribution < -0.4 is 10.3 Å². The lowest BCUT2D eigenvalue weighted by molar-refractivity contribution is 0.317. The van der Waals surface area contributed by atoms with E-state index in [1.165, 1.54) is 0 Å². The molecule has 0 unspecified atom stereocenters. The maximum Gasteiger partial charge on any atom is 0.268 e. The van der Waals surface area contributed by atoms with Crippen LogP contribution in [-0.4, -0.2) is 21.7 Å². The van der Waals surface area contributed by atoms with Gasteiger partial charge < -0.3 is 14.8 Å². The second-order valence-electron chi connectivity index (χ2n) is 3.92. The summed E-state index contributed by atoms with van der Waals surface area (Å²) < 4.78 is 5.65. The van der Waals surface area contributed by atoms with Crippen LogP contribution in [0.4, 0.5) is 0 Å². The van der Waals surface area contributed by atoms with Gasteiger partial charge in [-0.1, -0.05) is 6.92 Å². The third kappa shape index (κ3) is 3.25. The third-order valence-electron chi connectivity index (χ3n) is 2.45. The molecule has 0 amide bonds. The highest BCUT2D eigenvalue weighted by atomic mass is 127. The molecule has 5 nitrogen and oxygen atoms in total. The molecule has 1 aromatic heterocycles. The normalized spacial score (nSPS) is 10.4. The Bertz CT molecular complexity index is 623. The zero-order chi connectivity index (χ0) is 13.8. The summed E-state index contributed by atoms with van der Waals surface area (Å²) in [7, 11) is 0. The maximum absolute atomic E-state index is 11.6. The molecule has 0 saturated heterocycles. The van der Waals surface area contributed by atoms with Crippen molar-refractivity contribution in [1.29, 1.82) is 0 Å². The number of nitrogens with one attached hydrogen (secondary N) is 1. The lowest BCUT2D eigenvalue weighted by Crippen LogP contribution is -2.12. The van der Waals surface area contributed by atoms with Crippen LogP contribution in [0.15, 0.2) is 29.1 Å². The van der Waals surface area contributed by atoms with E-state index in [0.717, 1.165) is 12.2 Å². The minimum Gasteiger partial charge on any atom is -0.494 e. The Hall–Kier alpha value is -1.57. The number of hydrogen-bond donors (Lipinski definition) is 2. The van der Waals surface area contributed by atoms with E-state index in [1.807, 2.05) is 6.92 Å². The van der Waals surface area contributed by atoms with E-state index in [1.54, 1.807) is 46.9 Å². The van der Waals surface area contributed by atoms with Crippen molar-refractivity contribution in [3.8, 4) is 23.0 Å². The van der Waals surface area contributed by atoms with Crippen molar-refractivity contribution in [3.63, 3.8) is 0 Å². The molecule has 100 valence electrons. The summed E-state index contributed by atoms with van der Waals surface area (Å²) in [5, 5.41) is 9.55. The molecule has 1 heterocycles. The van der Waals surface area contributed by atoms with Gasteiger partial charge in [0.2, 0.25) is 5.88 Å². The Balaban J connectivity index is 2.30. The number of aromatic nitrogens is 2. The van der Waals surface area contributed by atoms with Crippen LogP contribution in [0, 0.1) is 3.57 Å². The lowest BCUT2D eigenvalue weighted by atomic mass is 10.2. The SMILES string of the molecule is CCCOc1ccc(-c2nc(O)c(I)c(=O)[nH]2)cc1. The van der Waals surface area contributed by atoms with Gasteiger partial charge in [0.15, 0.2) is 0 Å². The summed E-state index contributed by atoms with van der Waals surface area (Å²) in [6.45, 7) is 2.70. The van der Waals surface area contributed by atoms with Gasteiger partial charge in [0, 0.05) is 5.56 Å². The fourth-order valence-corrected chi connectivity index (χ4v) is 1.77. The first-order valence-corrected chi connectivity index (χ1v) is 6.91. The van der Waals surface area contributed by atoms with E-state index in [-0.39, 0.29) is 15.0 Å². The zero-order valence-corrected chi connectivity index (χ0v) is 12.5. The second kappa shape index (κ2) is 6.05. The number of H-pyrrole nitrogens is 1. The quantitative estimate of drug-likeness (QED) is 0.809. The fourth-order valence-electron chi connectivity index (χ4n) is 1.51. The highest BCUT2D eigenvalue weighted by Gasteiger charge is 2.09. The van der Waals surface area contributed by atoms with E-state index < -0.39 is 0 Å². The Morgan fingerprint density at radius 2 is 2.05 bits per heavy atom. The third-order valence-corrected chi connectivity index (χ3v) is 3.42. The largest absolute Gasteiger partial charge is 0.494 e. The molecule has 2 N–H and O–H groups in total. The van der Waals surface area contributed by atoms with Crippen molar-refractivity contribution in [2.45, 2.75) is 13.3 Å². The van der Waals surface area contributed by atoms with Crippen molar-refractivity contribution in [3.05, 3.63) is 38.2 Å². The first-order valence-electron chi connectivity index (χ1n) is 5.84. The minimum atomic E-state index is -0.352. The summed E-state index contributed by atoms with van der Waals surface area (Å²) >= 11 is 1.75. The fraction of sp³-hybridized carbons (Fsp3) is 0.231. The van der Waals surface area contributed by atoms with Crippen molar-refractivity contribution >= 4 is 22.6 Å². The van der Waals surface area contributed by atoms with Gasteiger partial charge in [-0.15, -0.1) is 0 Å².